The van der Waals surface area contributed by atoms with Gasteiger partial charge in [0.1, 0.15) is 5.82 Å². The first-order valence-electron chi connectivity index (χ1n) is 6.92. The SMILES string of the molecule is Cc1cc(C(CN)N(C)Cc2ccc(Br)cc2)ccc1F. The van der Waals surface area contributed by atoms with Crippen molar-refractivity contribution in [3.8, 4) is 0 Å². The summed E-state index contributed by atoms with van der Waals surface area (Å²) in [6.45, 7) is 3.07. The summed E-state index contributed by atoms with van der Waals surface area (Å²) >= 11 is 3.44. The standard InChI is InChI=1S/C17H20BrFN2/c1-12-9-14(5-8-16(12)19)17(10-20)21(2)11-13-3-6-15(18)7-4-13/h3-9,17H,10-11,20H2,1-2H3. The zero-order valence-electron chi connectivity index (χ0n) is 12.3. The van der Waals surface area contributed by atoms with Crippen LogP contribution in [0.3, 0.4) is 0 Å². The number of nitrogens with zero attached hydrogens (tertiary/aromatic N) is 1. The third-order valence-electron chi connectivity index (χ3n) is 3.67. The minimum Gasteiger partial charge on any atom is -0.329 e. The van der Waals surface area contributed by atoms with Crippen LogP contribution in [-0.4, -0.2) is 18.5 Å². The Morgan fingerprint density at radius 3 is 2.43 bits per heavy atom. The molecule has 0 aliphatic rings. The molecule has 2 rings (SSSR count). The number of hydrogen-bond acceptors (Lipinski definition) is 2. The van der Waals surface area contributed by atoms with E-state index in [4.69, 9.17) is 5.73 Å². The van der Waals surface area contributed by atoms with Gasteiger partial charge in [-0.1, -0.05) is 40.2 Å². The molecule has 1 unspecified atom stereocenters. The molecule has 0 amide bonds. The zero-order chi connectivity index (χ0) is 15.4. The van der Waals surface area contributed by atoms with Gasteiger partial charge in [0, 0.05) is 23.6 Å². The van der Waals surface area contributed by atoms with E-state index in [0.717, 1.165) is 16.6 Å². The molecule has 0 bridgehead atoms. The normalized spacial score (nSPS) is 12.7. The van der Waals surface area contributed by atoms with Crippen molar-refractivity contribution in [2.45, 2.75) is 19.5 Å². The fourth-order valence-corrected chi connectivity index (χ4v) is 2.70. The van der Waals surface area contributed by atoms with Crippen LogP contribution in [0.4, 0.5) is 4.39 Å². The van der Waals surface area contributed by atoms with Crippen LogP contribution < -0.4 is 5.73 Å². The van der Waals surface area contributed by atoms with Crippen LogP contribution in [0.5, 0.6) is 0 Å². The molecule has 4 heteroatoms. The molecule has 112 valence electrons. The molecule has 0 saturated carbocycles. The lowest BCUT2D eigenvalue weighted by Crippen LogP contribution is -2.30. The van der Waals surface area contributed by atoms with Crippen LogP contribution in [-0.2, 0) is 6.54 Å². The fourth-order valence-electron chi connectivity index (χ4n) is 2.43. The monoisotopic (exact) mass is 350 g/mol. The average molecular weight is 351 g/mol. The van der Waals surface area contributed by atoms with Crippen molar-refractivity contribution < 1.29 is 4.39 Å². The maximum atomic E-state index is 13.4. The average Bonchev–Trinajstić information content (AvgIpc) is 2.46. The van der Waals surface area contributed by atoms with E-state index in [-0.39, 0.29) is 11.9 Å². The molecule has 2 nitrogen and oxygen atoms in total. The molecular weight excluding hydrogens is 331 g/mol. The van der Waals surface area contributed by atoms with Crippen LogP contribution in [0.15, 0.2) is 46.9 Å². The first-order valence-corrected chi connectivity index (χ1v) is 7.71. The summed E-state index contributed by atoms with van der Waals surface area (Å²) in [6, 6.07) is 13.5. The molecule has 0 fully saturated rings. The topological polar surface area (TPSA) is 29.3 Å². The van der Waals surface area contributed by atoms with Gasteiger partial charge in [-0.25, -0.2) is 4.39 Å². The number of nitrogens with two attached hydrogens (primary N) is 1. The van der Waals surface area contributed by atoms with Crippen molar-refractivity contribution in [1.82, 2.24) is 4.90 Å². The van der Waals surface area contributed by atoms with Gasteiger partial charge in [0.25, 0.3) is 0 Å². The number of benzene rings is 2. The number of rotatable bonds is 5. The van der Waals surface area contributed by atoms with E-state index in [1.54, 1.807) is 6.92 Å². The van der Waals surface area contributed by atoms with Crippen molar-refractivity contribution in [3.05, 3.63) is 69.4 Å². The highest BCUT2D eigenvalue weighted by atomic mass is 79.9. The molecule has 0 aliphatic carbocycles. The van der Waals surface area contributed by atoms with Crippen molar-refractivity contribution in [1.29, 1.82) is 0 Å². The second-order valence-electron chi connectivity index (χ2n) is 5.30. The highest BCUT2D eigenvalue weighted by Crippen LogP contribution is 2.23. The molecule has 0 heterocycles. The lowest BCUT2D eigenvalue weighted by molar-refractivity contribution is 0.241. The maximum absolute atomic E-state index is 13.4. The van der Waals surface area contributed by atoms with Crippen LogP contribution in [0.2, 0.25) is 0 Å². The lowest BCUT2D eigenvalue weighted by atomic mass is 10.0. The fraction of sp³-hybridized carbons (Fsp3) is 0.294. The molecule has 0 spiro atoms. The molecule has 21 heavy (non-hydrogen) atoms. The molecule has 2 aromatic rings. The molecular formula is C17H20BrFN2. The summed E-state index contributed by atoms with van der Waals surface area (Å²) in [5, 5.41) is 0. The quantitative estimate of drug-likeness (QED) is 0.881. The molecule has 0 saturated heterocycles. The van der Waals surface area contributed by atoms with Crippen LogP contribution >= 0.6 is 15.9 Å². The van der Waals surface area contributed by atoms with Gasteiger partial charge < -0.3 is 5.73 Å². The number of hydrogen-bond donors (Lipinski definition) is 1. The van der Waals surface area contributed by atoms with Crippen LogP contribution in [0.25, 0.3) is 0 Å². The van der Waals surface area contributed by atoms with Gasteiger partial charge in [0.2, 0.25) is 0 Å². The third kappa shape index (κ3) is 4.13. The summed E-state index contributed by atoms with van der Waals surface area (Å²) in [4.78, 5) is 2.19. The predicted molar refractivity (Wildman–Crippen MR) is 88.5 cm³/mol. The highest BCUT2D eigenvalue weighted by Gasteiger charge is 2.16. The minimum atomic E-state index is -0.176. The minimum absolute atomic E-state index is 0.0768. The van der Waals surface area contributed by atoms with E-state index in [9.17, 15) is 4.39 Å². The summed E-state index contributed by atoms with van der Waals surface area (Å²) < 4.78 is 14.5. The maximum Gasteiger partial charge on any atom is 0.126 e. The molecule has 2 aromatic carbocycles. The molecule has 2 N–H and O–H groups in total. The Bertz CT molecular complexity index is 598. The highest BCUT2D eigenvalue weighted by molar-refractivity contribution is 9.10. The van der Waals surface area contributed by atoms with Crippen molar-refractivity contribution >= 4 is 15.9 Å². The van der Waals surface area contributed by atoms with Gasteiger partial charge in [0.05, 0.1) is 0 Å². The first kappa shape index (κ1) is 16.1. The number of aryl methyl sites for hydroxylation is 1. The predicted octanol–water partition coefficient (Wildman–Crippen LogP) is 4.03. The summed E-state index contributed by atoms with van der Waals surface area (Å²) in [5.41, 5.74) is 8.86. The molecule has 0 aromatic heterocycles. The van der Waals surface area contributed by atoms with Gasteiger partial charge in [-0.15, -0.1) is 0 Å². The number of halogens is 2. The second-order valence-corrected chi connectivity index (χ2v) is 6.22. The van der Waals surface area contributed by atoms with E-state index in [1.165, 1.54) is 11.6 Å². The first-order chi connectivity index (χ1) is 10.0. The van der Waals surface area contributed by atoms with Gasteiger partial charge >= 0.3 is 0 Å². The van der Waals surface area contributed by atoms with Crippen molar-refractivity contribution in [2.75, 3.05) is 13.6 Å². The third-order valence-corrected chi connectivity index (χ3v) is 4.20. The summed E-state index contributed by atoms with van der Waals surface area (Å²) in [7, 11) is 2.04. The Kier molecular flexibility index (Phi) is 5.51. The zero-order valence-corrected chi connectivity index (χ0v) is 13.9. The van der Waals surface area contributed by atoms with Gasteiger partial charge in [0.15, 0.2) is 0 Å². The van der Waals surface area contributed by atoms with E-state index < -0.39 is 0 Å². The largest absolute Gasteiger partial charge is 0.329 e. The summed E-state index contributed by atoms with van der Waals surface area (Å²) in [5.74, 6) is -0.176. The van der Waals surface area contributed by atoms with Crippen LogP contribution in [0, 0.1) is 12.7 Å². The van der Waals surface area contributed by atoms with E-state index in [1.807, 2.05) is 31.3 Å². The van der Waals surface area contributed by atoms with Crippen LogP contribution in [0.1, 0.15) is 22.7 Å². The van der Waals surface area contributed by atoms with E-state index in [2.05, 4.69) is 33.0 Å². The Balaban J connectivity index is 2.15. The second kappa shape index (κ2) is 7.16. The van der Waals surface area contributed by atoms with E-state index in [0.29, 0.717) is 12.1 Å². The Hall–Kier alpha value is -1.23. The van der Waals surface area contributed by atoms with E-state index >= 15 is 0 Å². The van der Waals surface area contributed by atoms with Crippen molar-refractivity contribution in [3.63, 3.8) is 0 Å². The smallest absolute Gasteiger partial charge is 0.126 e. The summed E-state index contributed by atoms with van der Waals surface area (Å²) in [6.07, 6.45) is 0. The molecule has 0 radical (unpaired) electrons. The van der Waals surface area contributed by atoms with Gasteiger partial charge in [-0.05, 0) is 48.9 Å². The Morgan fingerprint density at radius 2 is 1.86 bits per heavy atom. The Morgan fingerprint density at radius 1 is 1.19 bits per heavy atom. The number of likely N-dealkylation sites (N-methyl/N-ethyl adjacent to an activating group) is 1. The Labute approximate surface area is 133 Å². The van der Waals surface area contributed by atoms with Crippen molar-refractivity contribution in [2.24, 2.45) is 5.73 Å². The lowest BCUT2D eigenvalue weighted by Gasteiger charge is -2.27. The van der Waals surface area contributed by atoms with Gasteiger partial charge in [-0.3, -0.25) is 4.90 Å². The molecule has 1 atom stereocenters. The van der Waals surface area contributed by atoms with Gasteiger partial charge in [-0.2, -0.15) is 0 Å². The molecule has 0 aliphatic heterocycles.